The van der Waals surface area contributed by atoms with Gasteiger partial charge in [-0.05, 0) is 30.2 Å². The standard InChI is InChI=1S/C13H17N3O3S/c1-10-11(9-17)4-3-5-13(10)20(18,19)15-8-12-6-7-14-16(12)2/h3-7,15,17H,8-9H2,1-2H3. The van der Waals surface area contributed by atoms with Gasteiger partial charge in [0.05, 0.1) is 23.7 Å². The van der Waals surface area contributed by atoms with Crippen molar-refractivity contribution in [1.82, 2.24) is 14.5 Å². The molecule has 0 unspecified atom stereocenters. The monoisotopic (exact) mass is 295 g/mol. The van der Waals surface area contributed by atoms with E-state index < -0.39 is 10.0 Å². The first kappa shape index (κ1) is 14.7. The maximum Gasteiger partial charge on any atom is 0.241 e. The number of hydrogen-bond acceptors (Lipinski definition) is 4. The second kappa shape index (κ2) is 5.74. The summed E-state index contributed by atoms with van der Waals surface area (Å²) in [6.07, 6.45) is 1.61. The predicted octanol–water partition coefficient (Wildman–Crippen LogP) is 0.699. The van der Waals surface area contributed by atoms with Crippen LogP contribution in [-0.2, 0) is 30.2 Å². The molecule has 0 saturated carbocycles. The third kappa shape index (κ3) is 2.90. The Hall–Kier alpha value is -1.70. The molecule has 0 amide bonds. The topological polar surface area (TPSA) is 84.2 Å². The number of sulfonamides is 1. The molecule has 0 spiro atoms. The Balaban J connectivity index is 2.25. The molecule has 0 saturated heterocycles. The van der Waals surface area contributed by atoms with Crippen LogP contribution < -0.4 is 4.72 Å². The van der Waals surface area contributed by atoms with Crippen LogP contribution in [0.15, 0.2) is 35.4 Å². The van der Waals surface area contributed by atoms with E-state index in [0.29, 0.717) is 11.1 Å². The normalized spacial score (nSPS) is 11.8. The van der Waals surface area contributed by atoms with E-state index in [1.807, 2.05) is 0 Å². The molecule has 0 fully saturated rings. The van der Waals surface area contributed by atoms with Crippen LogP contribution in [0.25, 0.3) is 0 Å². The number of rotatable bonds is 5. The number of nitrogens with zero attached hydrogens (tertiary/aromatic N) is 2. The van der Waals surface area contributed by atoms with Crippen LogP contribution in [0.5, 0.6) is 0 Å². The molecule has 0 radical (unpaired) electrons. The quantitative estimate of drug-likeness (QED) is 0.850. The molecule has 108 valence electrons. The Morgan fingerprint density at radius 3 is 2.70 bits per heavy atom. The summed E-state index contributed by atoms with van der Waals surface area (Å²) in [6.45, 7) is 1.67. The molecule has 1 aromatic carbocycles. The average Bonchev–Trinajstić information content (AvgIpc) is 2.82. The van der Waals surface area contributed by atoms with E-state index in [2.05, 4.69) is 9.82 Å². The second-order valence-corrected chi connectivity index (χ2v) is 6.20. The molecule has 0 aliphatic rings. The van der Waals surface area contributed by atoms with Gasteiger partial charge in [0.2, 0.25) is 10.0 Å². The van der Waals surface area contributed by atoms with Gasteiger partial charge in [-0.3, -0.25) is 4.68 Å². The van der Waals surface area contributed by atoms with Gasteiger partial charge in [0.25, 0.3) is 0 Å². The summed E-state index contributed by atoms with van der Waals surface area (Å²) in [7, 11) is -1.87. The maximum atomic E-state index is 12.3. The van der Waals surface area contributed by atoms with Gasteiger partial charge < -0.3 is 5.11 Å². The summed E-state index contributed by atoms with van der Waals surface area (Å²) in [5, 5.41) is 13.2. The summed E-state index contributed by atoms with van der Waals surface area (Å²) in [6, 6.07) is 6.60. The van der Waals surface area contributed by atoms with Gasteiger partial charge in [0.15, 0.2) is 0 Å². The SMILES string of the molecule is Cc1c(CO)cccc1S(=O)(=O)NCc1ccnn1C. The molecule has 0 aliphatic heterocycles. The lowest BCUT2D eigenvalue weighted by Gasteiger charge is -2.11. The number of aromatic nitrogens is 2. The molecule has 1 aromatic heterocycles. The predicted molar refractivity (Wildman–Crippen MR) is 74.3 cm³/mol. The molecular formula is C13H17N3O3S. The van der Waals surface area contributed by atoms with Gasteiger partial charge in [-0.1, -0.05) is 12.1 Å². The van der Waals surface area contributed by atoms with E-state index in [0.717, 1.165) is 5.69 Å². The molecule has 20 heavy (non-hydrogen) atoms. The molecule has 0 atom stereocenters. The van der Waals surface area contributed by atoms with Crippen molar-refractivity contribution >= 4 is 10.0 Å². The van der Waals surface area contributed by atoms with Gasteiger partial charge in [-0.15, -0.1) is 0 Å². The Labute approximate surface area is 118 Å². The first-order valence-electron chi connectivity index (χ1n) is 6.11. The van der Waals surface area contributed by atoms with Crippen molar-refractivity contribution in [1.29, 1.82) is 0 Å². The molecule has 2 rings (SSSR count). The van der Waals surface area contributed by atoms with Gasteiger partial charge in [0.1, 0.15) is 0 Å². The van der Waals surface area contributed by atoms with Crippen molar-refractivity contribution in [2.24, 2.45) is 7.05 Å². The van der Waals surface area contributed by atoms with E-state index in [4.69, 9.17) is 0 Å². The van der Waals surface area contributed by atoms with Crippen molar-refractivity contribution in [2.45, 2.75) is 25.0 Å². The van der Waals surface area contributed by atoms with Crippen molar-refractivity contribution in [2.75, 3.05) is 0 Å². The lowest BCUT2D eigenvalue weighted by atomic mass is 10.1. The summed E-state index contributed by atoms with van der Waals surface area (Å²) in [5.74, 6) is 0. The van der Waals surface area contributed by atoms with Gasteiger partial charge >= 0.3 is 0 Å². The molecular weight excluding hydrogens is 278 g/mol. The number of hydrogen-bond donors (Lipinski definition) is 2. The number of aliphatic hydroxyl groups is 1. The zero-order valence-electron chi connectivity index (χ0n) is 11.4. The van der Waals surface area contributed by atoms with E-state index in [-0.39, 0.29) is 18.0 Å². The van der Waals surface area contributed by atoms with Crippen molar-refractivity contribution in [3.05, 3.63) is 47.3 Å². The third-order valence-electron chi connectivity index (χ3n) is 3.22. The highest BCUT2D eigenvalue weighted by molar-refractivity contribution is 7.89. The molecule has 0 aliphatic carbocycles. The molecule has 1 heterocycles. The summed E-state index contributed by atoms with van der Waals surface area (Å²) in [5.41, 5.74) is 1.94. The van der Waals surface area contributed by atoms with Gasteiger partial charge in [-0.2, -0.15) is 5.10 Å². The van der Waals surface area contributed by atoms with Crippen LogP contribution >= 0.6 is 0 Å². The minimum atomic E-state index is -3.62. The fourth-order valence-electron chi connectivity index (χ4n) is 1.94. The fourth-order valence-corrected chi connectivity index (χ4v) is 3.23. The summed E-state index contributed by atoms with van der Waals surface area (Å²) >= 11 is 0. The van der Waals surface area contributed by atoms with Crippen LogP contribution in [0.4, 0.5) is 0 Å². The third-order valence-corrected chi connectivity index (χ3v) is 4.77. The van der Waals surface area contributed by atoms with E-state index in [9.17, 15) is 13.5 Å². The van der Waals surface area contributed by atoms with Crippen LogP contribution in [0.3, 0.4) is 0 Å². The Bertz CT molecular complexity index is 707. The van der Waals surface area contributed by atoms with Crippen molar-refractivity contribution in [3.63, 3.8) is 0 Å². The molecule has 6 nitrogen and oxygen atoms in total. The minimum Gasteiger partial charge on any atom is -0.392 e. The first-order valence-corrected chi connectivity index (χ1v) is 7.60. The number of aliphatic hydroxyl groups excluding tert-OH is 1. The minimum absolute atomic E-state index is 0.168. The highest BCUT2D eigenvalue weighted by Crippen LogP contribution is 2.19. The van der Waals surface area contributed by atoms with E-state index in [1.165, 1.54) is 6.07 Å². The number of nitrogens with one attached hydrogen (secondary N) is 1. The Kier molecular flexibility index (Phi) is 4.22. The highest BCUT2D eigenvalue weighted by atomic mass is 32.2. The van der Waals surface area contributed by atoms with Gasteiger partial charge in [0, 0.05) is 13.2 Å². The fraction of sp³-hybridized carbons (Fsp3) is 0.308. The second-order valence-electron chi connectivity index (χ2n) is 4.47. The van der Waals surface area contributed by atoms with Crippen LogP contribution in [0.2, 0.25) is 0 Å². The van der Waals surface area contributed by atoms with Crippen LogP contribution in [0, 0.1) is 6.92 Å². The average molecular weight is 295 g/mol. The molecule has 7 heteroatoms. The Morgan fingerprint density at radius 1 is 1.35 bits per heavy atom. The zero-order chi connectivity index (χ0) is 14.8. The Morgan fingerprint density at radius 2 is 2.10 bits per heavy atom. The van der Waals surface area contributed by atoms with Crippen LogP contribution in [0.1, 0.15) is 16.8 Å². The lowest BCUT2D eigenvalue weighted by Crippen LogP contribution is -2.25. The highest BCUT2D eigenvalue weighted by Gasteiger charge is 2.18. The first-order chi connectivity index (χ1) is 9.45. The number of aryl methyl sites for hydroxylation is 1. The number of benzene rings is 1. The molecule has 0 bridgehead atoms. The van der Waals surface area contributed by atoms with Crippen LogP contribution in [-0.4, -0.2) is 23.3 Å². The maximum absolute atomic E-state index is 12.3. The zero-order valence-corrected chi connectivity index (χ0v) is 12.2. The molecule has 2 N–H and O–H groups in total. The lowest BCUT2D eigenvalue weighted by molar-refractivity contribution is 0.280. The summed E-state index contributed by atoms with van der Waals surface area (Å²) < 4.78 is 28.8. The smallest absolute Gasteiger partial charge is 0.241 e. The summed E-state index contributed by atoms with van der Waals surface area (Å²) in [4.78, 5) is 0.186. The van der Waals surface area contributed by atoms with E-state index >= 15 is 0 Å². The van der Waals surface area contributed by atoms with E-state index in [1.54, 1.807) is 43.0 Å². The molecule has 2 aromatic rings. The largest absolute Gasteiger partial charge is 0.392 e. The van der Waals surface area contributed by atoms with Crippen molar-refractivity contribution < 1.29 is 13.5 Å². The van der Waals surface area contributed by atoms with Crippen molar-refractivity contribution in [3.8, 4) is 0 Å². The van der Waals surface area contributed by atoms with Gasteiger partial charge in [-0.25, -0.2) is 13.1 Å².